The number of hydrogen-bond donors (Lipinski definition) is 1. The standard InChI is InChI=1S/C32H52N2O6/c1-9-12-13-14-21-39-28(38)24-23-26(36)33(19-15-20-35)25(32(23)17-16-31(24,11-3)40-32)27(37)34(18-10-2)30(7,8)22-29(4,5)6/h9-10,23-25,35H,1-2,11-22H2,3-8H3/t23-,24-,25?,31+,32?/m0/s1. The van der Waals surface area contributed by atoms with Gasteiger partial charge in [0.2, 0.25) is 11.8 Å². The highest BCUT2D eigenvalue weighted by molar-refractivity contribution is 5.98. The van der Waals surface area contributed by atoms with Crippen molar-refractivity contribution in [2.45, 2.75) is 116 Å². The minimum Gasteiger partial charge on any atom is -0.465 e. The number of hydrogen-bond acceptors (Lipinski definition) is 6. The third-order valence-corrected chi connectivity index (χ3v) is 9.04. The molecule has 1 N–H and O–H groups in total. The van der Waals surface area contributed by atoms with E-state index in [4.69, 9.17) is 9.47 Å². The second-order valence-corrected chi connectivity index (χ2v) is 13.7. The molecule has 40 heavy (non-hydrogen) atoms. The van der Waals surface area contributed by atoms with Gasteiger partial charge in [-0.05, 0) is 70.6 Å². The van der Waals surface area contributed by atoms with Gasteiger partial charge in [-0.15, -0.1) is 13.2 Å². The molecule has 3 aliphatic rings. The van der Waals surface area contributed by atoms with E-state index in [9.17, 15) is 19.5 Å². The number of carbonyl (C=O) groups is 3. The predicted octanol–water partition coefficient (Wildman–Crippen LogP) is 4.65. The van der Waals surface area contributed by atoms with Crippen LogP contribution >= 0.6 is 0 Å². The summed E-state index contributed by atoms with van der Waals surface area (Å²) < 4.78 is 12.6. The van der Waals surface area contributed by atoms with Gasteiger partial charge in [0.15, 0.2) is 0 Å². The lowest BCUT2D eigenvalue weighted by molar-refractivity contribution is -0.163. The molecular weight excluding hydrogens is 508 g/mol. The quantitative estimate of drug-likeness (QED) is 0.178. The van der Waals surface area contributed by atoms with E-state index < -0.39 is 40.6 Å². The van der Waals surface area contributed by atoms with Gasteiger partial charge in [0, 0.05) is 25.2 Å². The normalized spacial score (nSPS) is 29.4. The van der Waals surface area contributed by atoms with Crippen molar-refractivity contribution in [1.82, 2.24) is 9.80 Å². The van der Waals surface area contributed by atoms with Crippen molar-refractivity contribution < 1.29 is 29.0 Å². The molecule has 0 aliphatic carbocycles. The molecule has 226 valence electrons. The van der Waals surface area contributed by atoms with Crippen molar-refractivity contribution in [3.05, 3.63) is 25.3 Å². The summed E-state index contributed by atoms with van der Waals surface area (Å²) >= 11 is 0. The van der Waals surface area contributed by atoms with Gasteiger partial charge in [0.05, 0.1) is 18.1 Å². The summed E-state index contributed by atoms with van der Waals surface area (Å²) in [4.78, 5) is 45.9. The van der Waals surface area contributed by atoms with Crippen LogP contribution in [0.1, 0.15) is 92.9 Å². The number of aliphatic hydroxyl groups excluding tert-OH is 1. The summed E-state index contributed by atoms with van der Waals surface area (Å²) in [5.41, 5.74) is -2.50. The zero-order valence-corrected chi connectivity index (χ0v) is 25.7. The van der Waals surface area contributed by atoms with Gasteiger partial charge in [-0.25, -0.2) is 0 Å². The Morgan fingerprint density at radius 2 is 1.85 bits per heavy atom. The van der Waals surface area contributed by atoms with Crippen LogP contribution in [0.15, 0.2) is 25.3 Å². The van der Waals surface area contributed by atoms with Crippen molar-refractivity contribution in [3.8, 4) is 0 Å². The van der Waals surface area contributed by atoms with Crippen LogP contribution in [-0.2, 0) is 23.9 Å². The van der Waals surface area contributed by atoms with Gasteiger partial charge in [0.1, 0.15) is 17.6 Å². The number of rotatable bonds is 15. The predicted molar refractivity (Wildman–Crippen MR) is 155 cm³/mol. The molecule has 0 aromatic rings. The van der Waals surface area contributed by atoms with Crippen LogP contribution in [0.5, 0.6) is 0 Å². The fraction of sp³-hybridized carbons (Fsp3) is 0.781. The van der Waals surface area contributed by atoms with E-state index in [1.165, 1.54) is 0 Å². The molecule has 8 nitrogen and oxygen atoms in total. The van der Waals surface area contributed by atoms with Gasteiger partial charge in [-0.2, -0.15) is 0 Å². The Morgan fingerprint density at radius 3 is 2.42 bits per heavy atom. The third kappa shape index (κ3) is 5.89. The van der Waals surface area contributed by atoms with Crippen molar-refractivity contribution in [1.29, 1.82) is 0 Å². The molecule has 3 fully saturated rings. The highest BCUT2D eigenvalue weighted by Crippen LogP contribution is 2.64. The molecule has 1 spiro atoms. The molecule has 0 radical (unpaired) electrons. The number of aliphatic hydroxyl groups is 1. The fourth-order valence-electron chi connectivity index (χ4n) is 7.80. The highest BCUT2D eigenvalue weighted by atomic mass is 16.6. The first-order valence-electron chi connectivity index (χ1n) is 15.1. The molecule has 3 heterocycles. The maximum atomic E-state index is 14.7. The Kier molecular flexibility index (Phi) is 9.99. The summed E-state index contributed by atoms with van der Waals surface area (Å²) in [6.07, 6.45) is 8.75. The molecule has 3 rings (SSSR count). The maximum absolute atomic E-state index is 14.7. The molecule has 5 atom stereocenters. The molecule has 2 bridgehead atoms. The van der Waals surface area contributed by atoms with E-state index in [0.29, 0.717) is 32.2 Å². The molecule has 8 heteroatoms. The zero-order valence-electron chi connectivity index (χ0n) is 25.7. The van der Waals surface area contributed by atoms with E-state index >= 15 is 0 Å². The Balaban J connectivity index is 2.02. The smallest absolute Gasteiger partial charge is 0.312 e. The number of esters is 1. The first-order valence-corrected chi connectivity index (χ1v) is 15.1. The highest BCUT2D eigenvalue weighted by Gasteiger charge is 2.79. The average Bonchev–Trinajstić information content (AvgIpc) is 3.47. The van der Waals surface area contributed by atoms with E-state index in [1.807, 2.05) is 17.9 Å². The number of unbranched alkanes of at least 4 members (excludes halogenated alkanes) is 2. The molecule has 0 aromatic carbocycles. The van der Waals surface area contributed by atoms with Gasteiger partial charge in [-0.3, -0.25) is 14.4 Å². The van der Waals surface area contributed by atoms with E-state index in [0.717, 1.165) is 25.7 Å². The van der Waals surface area contributed by atoms with Crippen molar-refractivity contribution in [3.63, 3.8) is 0 Å². The molecule has 2 amide bonds. The van der Waals surface area contributed by atoms with Crippen LogP contribution in [0.25, 0.3) is 0 Å². The minimum atomic E-state index is -1.11. The van der Waals surface area contributed by atoms with Crippen molar-refractivity contribution in [2.24, 2.45) is 17.3 Å². The SMILES string of the molecule is C=CCCCCOC(=O)[C@@H]1[C@H]2C(=O)N(CCCO)C(C(=O)N(CC=C)C(C)(C)CC(C)(C)C)C23CC[C@@]1(CC)O3. The van der Waals surface area contributed by atoms with Crippen LogP contribution in [0.2, 0.25) is 0 Å². The van der Waals surface area contributed by atoms with Gasteiger partial charge >= 0.3 is 5.97 Å². The largest absolute Gasteiger partial charge is 0.465 e. The molecule has 0 saturated carbocycles. The van der Waals surface area contributed by atoms with Crippen molar-refractivity contribution in [2.75, 3.05) is 26.3 Å². The lowest BCUT2D eigenvalue weighted by atomic mass is 9.65. The van der Waals surface area contributed by atoms with Crippen LogP contribution in [0.3, 0.4) is 0 Å². The number of ether oxygens (including phenoxy) is 2. The van der Waals surface area contributed by atoms with E-state index in [1.54, 1.807) is 11.0 Å². The summed E-state index contributed by atoms with van der Waals surface area (Å²) in [6.45, 7) is 20.9. The summed E-state index contributed by atoms with van der Waals surface area (Å²) in [7, 11) is 0. The summed E-state index contributed by atoms with van der Waals surface area (Å²) in [6, 6.07) is -0.880. The Labute approximate surface area is 241 Å². The van der Waals surface area contributed by atoms with Gasteiger partial charge < -0.3 is 24.4 Å². The number of nitrogens with zero attached hydrogens (tertiary/aromatic N) is 2. The summed E-state index contributed by atoms with van der Waals surface area (Å²) in [5.74, 6) is -2.39. The molecule has 2 unspecified atom stereocenters. The third-order valence-electron chi connectivity index (χ3n) is 9.04. The Bertz CT molecular complexity index is 971. The van der Waals surface area contributed by atoms with Crippen LogP contribution in [-0.4, -0.2) is 81.8 Å². The van der Waals surface area contributed by atoms with E-state index in [-0.39, 0.29) is 37.0 Å². The van der Waals surface area contributed by atoms with Gasteiger partial charge in [0.25, 0.3) is 0 Å². The average molecular weight is 561 g/mol. The number of likely N-dealkylation sites (tertiary alicyclic amines) is 1. The van der Waals surface area contributed by atoms with Gasteiger partial charge in [-0.1, -0.05) is 39.8 Å². The first-order chi connectivity index (χ1) is 18.7. The summed E-state index contributed by atoms with van der Waals surface area (Å²) in [5, 5.41) is 9.64. The maximum Gasteiger partial charge on any atom is 0.312 e. The topological polar surface area (TPSA) is 96.4 Å². The molecular formula is C32H52N2O6. The lowest BCUT2D eigenvalue weighted by Crippen LogP contribution is -2.61. The molecule has 3 aliphatic heterocycles. The first kappa shape index (κ1) is 32.3. The molecule has 0 aromatic heterocycles. The second kappa shape index (κ2) is 12.4. The Hall–Kier alpha value is -2.19. The molecule has 3 saturated heterocycles. The number of carbonyl (C=O) groups excluding carboxylic acids is 3. The van der Waals surface area contributed by atoms with E-state index in [2.05, 4.69) is 47.8 Å². The number of allylic oxidation sites excluding steroid dienone is 1. The van der Waals surface area contributed by atoms with Crippen LogP contribution in [0, 0.1) is 17.3 Å². The zero-order chi connectivity index (χ0) is 29.9. The number of fused-ring (bicyclic) bond motifs is 1. The number of amides is 2. The lowest BCUT2D eigenvalue weighted by Gasteiger charge is -2.45. The van der Waals surface area contributed by atoms with Crippen LogP contribution in [0.4, 0.5) is 0 Å². The Morgan fingerprint density at radius 1 is 1.15 bits per heavy atom. The minimum absolute atomic E-state index is 0.0405. The van der Waals surface area contributed by atoms with Crippen LogP contribution < -0.4 is 0 Å². The second-order valence-electron chi connectivity index (χ2n) is 13.7. The monoisotopic (exact) mass is 560 g/mol. The van der Waals surface area contributed by atoms with Crippen molar-refractivity contribution >= 4 is 17.8 Å². The fourth-order valence-corrected chi connectivity index (χ4v) is 7.80.